The van der Waals surface area contributed by atoms with Crippen LogP contribution in [0.5, 0.6) is 0 Å². The van der Waals surface area contributed by atoms with E-state index < -0.39 is 0 Å². The molecule has 0 unspecified atom stereocenters. The van der Waals surface area contributed by atoms with Crippen LogP contribution in [0.25, 0.3) is 10.2 Å². The number of thiophene rings is 1. The summed E-state index contributed by atoms with van der Waals surface area (Å²) in [5.41, 5.74) is 2.18. The van der Waals surface area contributed by atoms with Gasteiger partial charge in [0.25, 0.3) is 5.56 Å². The van der Waals surface area contributed by atoms with Gasteiger partial charge in [-0.3, -0.25) is 14.3 Å². The van der Waals surface area contributed by atoms with Gasteiger partial charge in [0.2, 0.25) is 5.91 Å². The molecule has 1 amide bonds. The van der Waals surface area contributed by atoms with Crippen LogP contribution in [0, 0.1) is 0 Å². The molecule has 3 aromatic heterocycles. The van der Waals surface area contributed by atoms with Crippen molar-refractivity contribution in [1.82, 2.24) is 24.6 Å². The van der Waals surface area contributed by atoms with Gasteiger partial charge < -0.3 is 9.88 Å². The Hall–Kier alpha value is -2.13. The number of thioether (sulfide) groups is 1. The Morgan fingerprint density at radius 3 is 2.90 bits per heavy atom. The molecule has 3 heterocycles. The van der Waals surface area contributed by atoms with Crippen molar-refractivity contribution in [3.05, 3.63) is 44.6 Å². The number of amides is 1. The van der Waals surface area contributed by atoms with Gasteiger partial charge in [0.15, 0.2) is 0 Å². The molecule has 0 aromatic carbocycles. The number of hydrogen-bond acceptors (Lipinski definition) is 6. The van der Waals surface area contributed by atoms with Crippen molar-refractivity contribution in [2.45, 2.75) is 57.9 Å². The van der Waals surface area contributed by atoms with E-state index in [0.29, 0.717) is 23.9 Å². The van der Waals surface area contributed by atoms with Gasteiger partial charge in [-0.15, -0.1) is 23.1 Å². The van der Waals surface area contributed by atoms with Crippen LogP contribution in [-0.4, -0.2) is 42.4 Å². The van der Waals surface area contributed by atoms with Gasteiger partial charge in [-0.2, -0.15) is 5.10 Å². The summed E-state index contributed by atoms with van der Waals surface area (Å²) in [5.74, 6) is 1.58. The number of carbonyl (C=O) groups is 1. The van der Waals surface area contributed by atoms with Gasteiger partial charge in [0.05, 0.1) is 23.1 Å². The first-order valence-electron chi connectivity index (χ1n) is 10.3. The third kappa shape index (κ3) is 4.46. The van der Waals surface area contributed by atoms with E-state index in [9.17, 15) is 9.59 Å². The minimum absolute atomic E-state index is 0.0401. The molecule has 30 heavy (non-hydrogen) atoms. The summed E-state index contributed by atoms with van der Waals surface area (Å²) in [5, 5.41) is 4.96. The summed E-state index contributed by atoms with van der Waals surface area (Å²) in [6.07, 6.45) is 8.08. The molecule has 7 nitrogen and oxygen atoms in total. The smallest absolute Gasteiger partial charge is 0.259 e. The summed E-state index contributed by atoms with van der Waals surface area (Å²) >= 11 is 3.14. The molecule has 0 fully saturated rings. The predicted octanol–water partition coefficient (Wildman–Crippen LogP) is 3.27. The summed E-state index contributed by atoms with van der Waals surface area (Å²) in [6, 6.07) is 0.102. The molecule has 0 bridgehead atoms. The number of carbonyl (C=O) groups excluding carboxylic acids is 1. The lowest BCUT2D eigenvalue weighted by Crippen LogP contribution is -2.37. The Labute approximate surface area is 183 Å². The highest BCUT2D eigenvalue weighted by molar-refractivity contribution is 7.99. The van der Waals surface area contributed by atoms with E-state index in [0.717, 1.165) is 35.0 Å². The first kappa shape index (κ1) is 21.1. The highest BCUT2D eigenvalue weighted by Gasteiger charge is 2.21. The molecule has 160 valence electrons. The number of nitrogens with zero attached hydrogens (tertiary/aromatic N) is 4. The van der Waals surface area contributed by atoms with Crippen LogP contribution in [0.15, 0.2) is 17.2 Å². The van der Waals surface area contributed by atoms with Gasteiger partial charge >= 0.3 is 0 Å². The molecule has 0 atom stereocenters. The minimum Gasteiger partial charge on any atom is -0.335 e. The summed E-state index contributed by atoms with van der Waals surface area (Å²) in [7, 11) is 1.87. The number of aromatic amines is 1. The number of aryl methyl sites for hydroxylation is 3. The van der Waals surface area contributed by atoms with Gasteiger partial charge in [0.1, 0.15) is 10.7 Å². The maximum Gasteiger partial charge on any atom is 0.259 e. The highest BCUT2D eigenvalue weighted by atomic mass is 32.2. The van der Waals surface area contributed by atoms with Crippen molar-refractivity contribution >= 4 is 39.2 Å². The number of aromatic nitrogens is 4. The van der Waals surface area contributed by atoms with Crippen molar-refractivity contribution in [2.24, 2.45) is 7.05 Å². The van der Waals surface area contributed by atoms with Gasteiger partial charge in [-0.1, -0.05) is 0 Å². The number of H-pyrrole nitrogens is 1. The SMILES string of the molecule is CC(C)N(Cc1cnn(C)c1)C(=O)CSCc1nc2sc3c(c2c(=O)[nH]1)CCCC3. The van der Waals surface area contributed by atoms with E-state index in [1.807, 2.05) is 32.0 Å². The van der Waals surface area contributed by atoms with Crippen LogP contribution in [-0.2, 0) is 37.0 Å². The first-order valence-corrected chi connectivity index (χ1v) is 12.3. The fourth-order valence-corrected chi connectivity index (χ4v) is 5.96. The standard InChI is InChI=1S/C21H27N5O2S2/c1-13(2)26(10-14-8-22-25(3)9-14)18(27)12-29-11-17-23-20(28)19-15-6-4-5-7-16(15)30-21(19)24-17/h8-9,13H,4-7,10-12H2,1-3H3,(H,23,24,28). The van der Waals surface area contributed by atoms with Crippen LogP contribution in [0.1, 0.15) is 48.5 Å². The maximum atomic E-state index is 12.8. The highest BCUT2D eigenvalue weighted by Crippen LogP contribution is 2.33. The van der Waals surface area contributed by atoms with Crippen molar-refractivity contribution in [3.8, 4) is 0 Å². The second-order valence-electron chi connectivity index (χ2n) is 8.03. The normalized spacial score (nSPS) is 13.7. The molecule has 1 N–H and O–H groups in total. The second kappa shape index (κ2) is 8.93. The fraction of sp³-hybridized carbons (Fsp3) is 0.524. The van der Waals surface area contributed by atoms with Crippen molar-refractivity contribution in [2.75, 3.05) is 5.75 Å². The van der Waals surface area contributed by atoms with Gasteiger partial charge in [0, 0.05) is 36.3 Å². The predicted molar refractivity (Wildman–Crippen MR) is 122 cm³/mol. The van der Waals surface area contributed by atoms with E-state index in [-0.39, 0.29) is 17.5 Å². The zero-order valence-electron chi connectivity index (χ0n) is 17.6. The van der Waals surface area contributed by atoms with Crippen LogP contribution < -0.4 is 5.56 Å². The Bertz CT molecular complexity index is 1110. The van der Waals surface area contributed by atoms with E-state index >= 15 is 0 Å². The lowest BCUT2D eigenvalue weighted by Gasteiger charge is -2.26. The fourth-order valence-electron chi connectivity index (χ4n) is 3.90. The lowest BCUT2D eigenvalue weighted by atomic mass is 9.97. The van der Waals surface area contributed by atoms with E-state index in [2.05, 4.69) is 10.1 Å². The number of fused-ring (bicyclic) bond motifs is 3. The molecule has 0 aliphatic heterocycles. The van der Waals surface area contributed by atoms with Gasteiger partial charge in [-0.05, 0) is 45.1 Å². The third-order valence-corrected chi connectivity index (χ3v) is 7.51. The molecular weight excluding hydrogens is 418 g/mol. The minimum atomic E-state index is -0.0401. The monoisotopic (exact) mass is 445 g/mol. The van der Waals surface area contributed by atoms with Crippen molar-refractivity contribution in [1.29, 1.82) is 0 Å². The molecule has 0 saturated heterocycles. The Morgan fingerprint density at radius 2 is 2.17 bits per heavy atom. The molecule has 9 heteroatoms. The molecule has 1 aliphatic rings. The van der Waals surface area contributed by atoms with E-state index in [4.69, 9.17) is 4.98 Å². The van der Waals surface area contributed by atoms with Crippen LogP contribution in [0.2, 0.25) is 0 Å². The van der Waals surface area contributed by atoms with E-state index in [1.165, 1.54) is 28.6 Å². The van der Waals surface area contributed by atoms with Gasteiger partial charge in [-0.25, -0.2) is 4.98 Å². The zero-order valence-corrected chi connectivity index (χ0v) is 19.2. The molecule has 3 aromatic rings. The molecular formula is C21H27N5O2S2. The Kier molecular flexibility index (Phi) is 6.29. The summed E-state index contributed by atoms with van der Waals surface area (Å²) < 4.78 is 1.74. The molecule has 0 spiro atoms. The molecule has 4 rings (SSSR count). The molecule has 0 radical (unpaired) electrons. The van der Waals surface area contributed by atoms with Crippen LogP contribution in [0.3, 0.4) is 0 Å². The van der Waals surface area contributed by atoms with Crippen LogP contribution >= 0.6 is 23.1 Å². The largest absolute Gasteiger partial charge is 0.335 e. The summed E-state index contributed by atoms with van der Waals surface area (Å²) in [6.45, 7) is 4.58. The molecule has 0 saturated carbocycles. The Balaban J connectivity index is 1.41. The lowest BCUT2D eigenvalue weighted by molar-refractivity contribution is -0.130. The Morgan fingerprint density at radius 1 is 1.37 bits per heavy atom. The van der Waals surface area contributed by atoms with E-state index in [1.54, 1.807) is 22.2 Å². The van der Waals surface area contributed by atoms with Crippen molar-refractivity contribution in [3.63, 3.8) is 0 Å². The first-order chi connectivity index (χ1) is 14.4. The summed E-state index contributed by atoms with van der Waals surface area (Å²) in [4.78, 5) is 37.1. The number of nitrogens with one attached hydrogen (secondary N) is 1. The maximum absolute atomic E-state index is 12.8. The van der Waals surface area contributed by atoms with Crippen molar-refractivity contribution < 1.29 is 4.79 Å². The average Bonchev–Trinajstić information content (AvgIpc) is 3.28. The average molecular weight is 446 g/mol. The zero-order chi connectivity index (χ0) is 21.3. The third-order valence-electron chi connectivity index (χ3n) is 5.39. The van der Waals surface area contributed by atoms with Crippen LogP contribution in [0.4, 0.5) is 0 Å². The quantitative estimate of drug-likeness (QED) is 0.603. The number of rotatable bonds is 7. The topological polar surface area (TPSA) is 83.9 Å². The number of hydrogen-bond donors (Lipinski definition) is 1. The molecule has 1 aliphatic carbocycles. The second-order valence-corrected chi connectivity index (χ2v) is 10.1.